The number of aliphatic carboxylic acids is 1. The molecule has 0 unspecified atom stereocenters. The second kappa shape index (κ2) is 8.18. The van der Waals surface area contributed by atoms with Crippen molar-refractivity contribution in [2.75, 3.05) is 14.2 Å². The van der Waals surface area contributed by atoms with E-state index in [0.717, 1.165) is 17.7 Å². The summed E-state index contributed by atoms with van der Waals surface area (Å²) < 4.78 is 40.2. The molecule has 0 bridgehead atoms. The van der Waals surface area contributed by atoms with Crippen molar-refractivity contribution in [3.8, 4) is 6.07 Å². The number of rotatable bonds is 7. The fraction of sp³-hybridized carbons (Fsp3) is 0.286. The fourth-order valence-corrected chi connectivity index (χ4v) is 3.30. The van der Waals surface area contributed by atoms with Crippen LogP contribution >= 0.6 is 0 Å². The fourth-order valence-electron chi connectivity index (χ4n) is 3.30. The Morgan fingerprint density at radius 2 is 2.00 bits per heavy atom. The Bertz CT molecular complexity index is 1150. The Morgan fingerprint density at radius 3 is 2.60 bits per heavy atom. The molecule has 0 spiro atoms. The van der Waals surface area contributed by atoms with E-state index in [4.69, 9.17) is 14.6 Å². The number of carboxylic acids is 1. The average Bonchev–Trinajstić information content (AvgIpc) is 3.08. The smallest absolute Gasteiger partial charge is 0.379 e. The summed E-state index contributed by atoms with van der Waals surface area (Å²) in [5.41, 5.74) is 1.90. The highest BCUT2D eigenvalue weighted by Crippen LogP contribution is 2.34. The van der Waals surface area contributed by atoms with E-state index in [2.05, 4.69) is 11.2 Å². The van der Waals surface area contributed by atoms with Crippen molar-refractivity contribution < 1.29 is 28.2 Å². The predicted octanol–water partition coefficient (Wildman–Crippen LogP) is 3.73. The van der Waals surface area contributed by atoms with Gasteiger partial charge in [-0.3, -0.25) is 4.68 Å². The monoisotopic (exact) mass is 415 g/mol. The number of nitriles is 1. The summed E-state index contributed by atoms with van der Waals surface area (Å²) >= 11 is 0. The van der Waals surface area contributed by atoms with Crippen molar-refractivity contribution in [1.82, 2.24) is 9.78 Å². The minimum absolute atomic E-state index is 0.119. The number of nitrogens with zero attached hydrogens (tertiary/aromatic N) is 3. The minimum atomic E-state index is -4.06. The van der Waals surface area contributed by atoms with E-state index in [9.17, 15) is 18.8 Å². The van der Waals surface area contributed by atoms with Crippen LogP contribution in [0, 0.1) is 18.3 Å². The molecule has 0 amide bonds. The van der Waals surface area contributed by atoms with Crippen LogP contribution in [-0.2, 0) is 26.7 Å². The standard InChI is InChI=1S/C21H19F2N3O4/c1-12-5-4-6-13(10-24)16(12)11-26-17-9-14(21(22,23)20(27)28)7-8-15(17)18(25-26)19(29-2)30-3/h4-9,19H,11H2,1-3H3,(H,27,28). The van der Waals surface area contributed by atoms with Crippen LogP contribution in [0.15, 0.2) is 36.4 Å². The van der Waals surface area contributed by atoms with Gasteiger partial charge in [0.25, 0.3) is 0 Å². The number of alkyl halides is 2. The molecule has 0 aliphatic carbocycles. The molecular weight excluding hydrogens is 396 g/mol. The summed E-state index contributed by atoms with van der Waals surface area (Å²) in [5, 5.41) is 23.3. The van der Waals surface area contributed by atoms with E-state index in [1.807, 2.05) is 13.0 Å². The number of aromatic nitrogens is 2. The van der Waals surface area contributed by atoms with Crippen LogP contribution in [0.25, 0.3) is 10.9 Å². The van der Waals surface area contributed by atoms with Crippen LogP contribution < -0.4 is 0 Å². The van der Waals surface area contributed by atoms with Crippen LogP contribution in [0.5, 0.6) is 0 Å². The van der Waals surface area contributed by atoms with Crippen molar-refractivity contribution in [3.05, 3.63) is 64.3 Å². The molecule has 9 heteroatoms. The number of aryl methyl sites for hydroxylation is 1. The van der Waals surface area contributed by atoms with Gasteiger partial charge in [-0.2, -0.15) is 19.1 Å². The number of benzene rings is 2. The molecule has 3 aromatic rings. The number of fused-ring (bicyclic) bond motifs is 1. The number of methoxy groups -OCH3 is 2. The molecule has 1 N–H and O–H groups in total. The summed E-state index contributed by atoms with van der Waals surface area (Å²) in [6, 6.07) is 10.9. The molecular formula is C21H19F2N3O4. The van der Waals surface area contributed by atoms with Crippen LogP contribution in [-0.4, -0.2) is 35.1 Å². The number of halogens is 2. The van der Waals surface area contributed by atoms with Crippen LogP contribution in [0.4, 0.5) is 8.78 Å². The number of hydrogen-bond acceptors (Lipinski definition) is 5. The lowest BCUT2D eigenvalue weighted by Gasteiger charge is -2.13. The van der Waals surface area contributed by atoms with Gasteiger partial charge in [-0.25, -0.2) is 4.79 Å². The third kappa shape index (κ3) is 3.63. The largest absolute Gasteiger partial charge is 0.477 e. The van der Waals surface area contributed by atoms with E-state index in [0.29, 0.717) is 22.2 Å². The Hall–Kier alpha value is -3.35. The molecule has 0 atom stereocenters. The molecule has 0 saturated carbocycles. The predicted molar refractivity (Wildman–Crippen MR) is 103 cm³/mol. The number of carbonyl (C=O) groups is 1. The first-order valence-electron chi connectivity index (χ1n) is 8.90. The maximum atomic E-state index is 14.1. The maximum absolute atomic E-state index is 14.1. The molecule has 0 saturated heterocycles. The quantitative estimate of drug-likeness (QED) is 0.591. The summed E-state index contributed by atoms with van der Waals surface area (Å²) in [6.45, 7) is 1.95. The van der Waals surface area contributed by atoms with Gasteiger partial charge in [-0.15, -0.1) is 0 Å². The zero-order chi connectivity index (χ0) is 22.1. The van der Waals surface area contributed by atoms with E-state index < -0.39 is 23.7 Å². The SMILES string of the molecule is COC(OC)c1nn(Cc2c(C)cccc2C#N)c2cc(C(F)(F)C(=O)O)ccc12. The van der Waals surface area contributed by atoms with Gasteiger partial charge in [-0.05, 0) is 30.2 Å². The summed E-state index contributed by atoms with van der Waals surface area (Å²) in [6.07, 6.45) is -0.855. The van der Waals surface area contributed by atoms with E-state index in [1.54, 1.807) is 12.1 Å². The van der Waals surface area contributed by atoms with Gasteiger partial charge in [0.15, 0.2) is 0 Å². The highest BCUT2D eigenvalue weighted by molar-refractivity contribution is 5.86. The highest BCUT2D eigenvalue weighted by Gasteiger charge is 2.41. The number of hydrogen-bond donors (Lipinski definition) is 1. The summed E-state index contributed by atoms with van der Waals surface area (Å²) in [5.74, 6) is -6.31. The third-order valence-electron chi connectivity index (χ3n) is 4.90. The average molecular weight is 415 g/mol. The normalized spacial score (nSPS) is 11.8. The molecule has 1 aromatic heterocycles. The molecule has 0 fully saturated rings. The molecule has 0 aliphatic rings. The Labute approximate surface area is 171 Å². The van der Waals surface area contributed by atoms with Crippen LogP contribution in [0.1, 0.15) is 34.2 Å². The molecule has 7 nitrogen and oxygen atoms in total. The lowest BCUT2D eigenvalue weighted by atomic mass is 10.0. The first kappa shape index (κ1) is 21.4. The van der Waals surface area contributed by atoms with Gasteiger partial charge >= 0.3 is 11.9 Å². The van der Waals surface area contributed by atoms with Crippen molar-refractivity contribution in [2.24, 2.45) is 0 Å². The van der Waals surface area contributed by atoms with Crippen molar-refractivity contribution in [1.29, 1.82) is 5.26 Å². The Balaban J connectivity index is 2.24. The molecule has 0 radical (unpaired) electrons. The van der Waals surface area contributed by atoms with Crippen molar-refractivity contribution >= 4 is 16.9 Å². The zero-order valence-electron chi connectivity index (χ0n) is 16.5. The van der Waals surface area contributed by atoms with Gasteiger partial charge in [0.2, 0.25) is 6.29 Å². The summed E-state index contributed by atoms with van der Waals surface area (Å²) in [7, 11) is 2.84. The molecule has 1 heterocycles. The van der Waals surface area contributed by atoms with Gasteiger partial charge in [-0.1, -0.05) is 24.3 Å². The second-order valence-corrected chi connectivity index (χ2v) is 6.67. The molecule has 156 valence electrons. The molecule has 30 heavy (non-hydrogen) atoms. The first-order chi connectivity index (χ1) is 14.2. The van der Waals surface area contributed by atoms with E-state index in [-0.39, 0.29) is 12.1 Å². The van der Waals surface area contributed by atoms with Crippen molar-refractivity contribution in [3.63, 3.8) is 0 Å². The Kier molecular flexibility index (Phi) is 5.82. The van der Waals surface area contributed by atoms with Crippen molar-refractivity contribution in [2.45, 2.75) is 25.7 Å². The summed E-state index contributed by atoms with van der Waals surface area (Å²) in [4.78, 5) is 11.0. The highest BCUT2D eigenvalue weighted by atomic mass is 19.3. The number of ether oxygens (including phenoxy) is 2. The minimum Gasteiger partial charge on any atom is -0.477 e. The van der Waals surface area contributed by atoms with Gasteiger partial charge in [0, 0.05) is 25.2 Å². The topological polar surface area (TPSA) is 97.4 Å². The Morgan fingerprint density at radius 1 is 1.30 bits per heavy atom. The molecule has 3 rings (SSSR count). The molecule has 0 aliphatic heterocycles. The third-order valence-corrected chi connectivity index (χ3v) is 4.90. The lowest BCUT2D eigenvalue weighted by molar-refractivity contribution is -0.166. The zero-order valence-corrected chi connectivity index (χ0v) is 16.5. The lowest BCUT2D eigenvalue weighted by Crippen LogP contribution is -2.25. The van der Waals surface area contributed by atoms with Crippen LogP contribution in [0.2, 0.25) is 0 Å². The second-order valence-electron chi connectivity index (χ2n) is 6.67. The van der Waals surface area contributed by atoms with Gasteiger partial charge in [0.05, 0.1) is 23.7 Å². The van der Waals surface area contributed by atoms with E-state index in [1.165, 1.54) is 25.0 Å². The number of carboxylic acid groups (broad SMARTS) is 1. The first-order valence-corrected chi connectivity index (χ1v) is 8.90. The van der Waals surface area contributed by atoms with Crippen LogP contribution in [0.3, 0.4) is 0 Å². The van der Waals surface area contributed by atoms with Gasteiger partial charge in [0.1, 0.15) is 5.69 Å². The maximum Gasteiger partial charge on any atom is 0.379 e. The van der Waals surface area contributed by atoms with Gasteiger partial charge < -0.3 is 14.6 Å². The molecule has 2 aromatic carbocycles. The van der Waals surface area contributed by atoms with E-state index >= 15 is 0 Å².